The highest BCUT2D eigenvalue weighted by atomic mass is 19.4. The van der Waals surface area contributed by atoms with E-state index in [0.29, 0.717) is 0 Å². The van der Waals surface area contributed by atoms with Gasteiger partial charge in [-0.15, -0.1) is 0 Å². The van der Waals surface area contributed by atoms with E-state index >= 15 is 0 Å². The van der Waals surface area contributed by atoms with E-state index in [1.54, 1.807) is 0 Å². The first kappa shape index (κ1) is 24.1. The van der Waals surface area contributed by atoms with E-state index < -0.39 is 55.1 Å². The lowest BCUT2D eigenvalue weighted by Gasteiger charge is -2.39. The number of hydrogen-bond donors (Lipinski definition) is 0. The van der Waals surface area contributed by atoms with Crippen LogP contribution in [0.2, 0.25) is 0 Å². The highest BCUT2D eigenvalue weighted by Gasteiger charge is 2.89. The Morgan fingerprint density at radius 2 is 1.16 bits per heavy atom. The summed E-state index contributed by atoms with van der Waals surface area (Å²) in [4.78, 5) is 0. The molecule has 0 fully saturated rings. The fraction of sp³-hybridized carbons (Fsp3) is 0.917. The van der Waals surface area contributed by atoms with E-state index in [2.05, 4.69) is 0 Å². The van der Waals surface area contributed by atoms with Crippen molar-refractivity contribution in [3.05, 3.63) is 6.43 Å². The molecule has 0 heterocycles. The molecule has 25 heavy (non-hydrogen) atoms. The van der Waals surface area contributed by atoms with Crippen LogP contribution in [0.1, 0.15) is 32.6 Å². The van der Waals surface area contributed by atoms with Crippen molar-refractivity contribution in [1.29, 1.82) is 0 Å². The predicted molar refractivity (Wildman–Crippen MR) is 59.2 cm³/mol. The molecule has 0 amide bonds. The molecule has 13 heteroatoms. The van der Waals surface area contributed by atoms with Gasteiger partial charge in [0.15, 0.2) is 6.17 Å². The van der Waals surface area contributed by atoms with Crippen molar-refractivity contribution in [3.8, 4) is 0 Å². The Kier molecular flexibility index (Phi) is 7.11. The maximum Gasteiger partial charge on any atom is 0.385 e. The van der Waals surface area contributed by atoms with Crippen LogP contribution < -0.4 is 0 Å². The zero-order valence-electron chi connectivity index (χ0n) is 12.3. The normalized spacial score (nSPS) is 16.4. The first-order chi connectivity index (χ1) is 10.9. The van der Waals surface area contributed by atoms with Crippen molar-refractivity contribution in [2.24, 2.45) is 0 Å². The van der Waals surface area contributed by atoms with Gasteiger partial charge in [-0.05, 0) is 6.42 Å². The number of hydrogen-bond acceptors (Lipinski definition) is 0. The van der Waals surface area contributed by atoms with E-state index in [-0.39, 0.29) is 12.8 Å². The molecule has 1 radical (unpaired) electrons. The van der Waals surface area contributed by atoms with E-state index in [9.17, 15) is 57.1 Å². The Hall–Kier alpha value is -0.910. The average Bonchev–Trinajstić information content (AvgIpc) is 2.46. The zero-order valence-corrected chi connectivity index (χ0v) is 12.3. The van der Waals surface area contributed by atoms with Crippen molar-refractivity contribution in [2.45, 2.75) is 68.4 Å². The minimum atomic E-state index is -7.69. The van der Waals surface area contributed by atoms with Crippen molar-refractivity contribution < 1.29 is 57.1 Å². The summed E-state index contributed by atoms with van der Waals surface area (Å²) >= 11 is 0. The topological polar surface area (TPSA) is 0 Å². The molecule has 0 saturated carbocycles. The summed E-state index contributed by atoms with van der Waals surface area (Å²) in [5.41, 5.74) is 0. The van der Waals surface area contributed by atoms with Crippen LogP contribution in [-0.4, -0.2) is 35.8 Å². The summed E-state index contributed by atoms with van der Waals surface area (Å²) in [7, 11) is 0. The van der Waals surface area contributed by atoms with Crippen molar-refractivity contribution in [3.63, 3.8) is 0 Å². The fourth-order valence-corrected chi connectivity index (χ4v) is 1.67. The molecule has 0 aliphatic carbocycles. The fourth-order valence-electron chi connectivity index (χ4n) is 1.67. The molecule has 0 N–H and O–H groups in total. The third kappa shape index (κ3) is 3.79. The van der Waals surface area contributed by atoms with Gasteiger partial charge in [-0.2, -0.15) is 52.7 Å². The molecule has 0 nitrogen and oxygen atoms in total. The van der Waals surface area contributed by atoms with Crippen LogP contribution in [0.25, 0.3) is 0 Å². The van der Waals surface area contributed by atoms with Crippen molar-refractivity contribution >= 4 is 0 Å². The third-order valence-corrected chi connectivity index (χ3v) is 3.29. The second kappa shape index (κ2) is 7.37. The Morgan fingerprint density at radius 1 is 0.720 bits per heavy atom. The molecule has 1 unspecified atom stereocenters. The number of halogens is 13. The molecule has 151 valence electrons. The molecule has 0 saturated heterocycles. The summed E-state index contributed by atoms with van der Waals surface area (Å²) in [6.07, 6.45) is -10.5. The molecule has 0 aromatic rings. The van der Waals surface area contributed by atoms with Gasteiger partial charge >= 0.3 is 36.0 Å². The SMILES string of the molecule is CCCCCC(F)C(F)(F)C(F)(F)C(F)(F)C(F)(F)C(F)(F)[C](F)F. The number of alkyl halides is 11. The van der Waals surface area contributed by atoms with Gasteiger partial charge in [-0.3, -0.25) is 0 Å². The van der Waals surface area contributed by atoms with Crippen LogP contribution in [0.3, 0.4) is 0 Å². The molecular formula is C12H12F13. The lowest BCUT2D eigenvalue weighted by Crippen LogP contribution is -2.69. The van der Waals surface area contributed by atoms with Gasteiger partial charge in [0.1, 0.15) is 0 Å². The highest BCUT2D eigenvalue weighted by molar-refractivity contribution is 5.13. The molecule has 0 rings (SSSR count). The lowest BCUT2D eigenvalue weighted by molar-refractivity contribution is -0.410. The molecular weight excluding hydrogens is 391 g/mol. The number of unbranched alkanes of at least 4 members (excludes halogenated alkanes) is 2. The van der Waals surface area contributed by atoms with Gasteiger partial charge in [-0.1, -0.05) is 26.2 Å². The number of rotatable bonds is 10. The Morgan fingerprint density at radius 3 is 1.52 bits per heavy atom. The Balaban J connectivity index is 5.86. The monoisotopic (exact) mass is 403 g/mol. The summed E-state index contributed by atoms with van der Waals surface area (Å²) in [5, 5.41) is 0. The van der Waals surface area contributed by atoms with Crippen LogP contribution >= 0.6 is 0 Å². The van der Waals surface area contributed by atoms with Gasteiger partial charge in [0, 0.05) is 0 Å². The van der Waals surface area contributed by atoms with E-state index in [1.165, 1.54) is 6.92 Å². The zero-order chi connectivity index (χ0) is 20.5. The maximum atomic E-state index is 13.3. The largest absolute Gasteiger partial charge is 0.385 e. The minimum absolute atomic E-state index is 0.00524. The Labute approximate surface area is 133 Å². The molecule has 0 aliphatic heterocycles. The summed E-state index contributed by atoms with van der Waals surface area (Å²) in [5.74, 6) is -36.4. The molecule has 0 aromatic heterocycles. The van der Waals surface area contributed by atoms with Crippen LogP contribution in [0.4, 0.5) is 57.1 Å². The van der Waals surface area contributed by atoms with Crippen LogP contribution in [0, 0.1) is 6.43 Å². The van der Waals surface area contributed by atoms with E-state index in [1.807, 2.05) is 0 Å². The van der Waals surface area contributed by atoms with Crippen molar-refractivity contribution in [2.75, 3.05) is 0 Å². The van der Waals surface area contributed by atoms with Gasteiger partial charge in [0.2, 0.25) is 0 Å². The van der Waals surface area contributed by atoms with Crippen LogP contribution in [-0.2, 0) is 0 Å². The van der Waals surface area contributed by atoms with Gasteiger partial charge < -0.3 is 0 Å². The Bertz CT molecular complexity index is 429. The second-order valence-corrected chi connectivity index (χ2v) is 5.14. The average molecular weight is 403 g/mol. The third-order valence-electron chi connectivity index (χ3n) is 3.29. The smallest absolute Gasteiger partial charge is 0.241 e. The summed E-state index contributed by atoms with van der Waals surface area (Å²) in [6, 6.07) is 0. The maximum absolute atomic E-state index is 13.3. The molecule has 0 spiro atoms. The van der Waals surface area contributed by atoms with Crippen LogP contribution in [0.5, 0.6) is 0 Å². The van der Waals surface area contributed by atoms with Gasteiger partial charge in [-0.25, -0.2) is 4.39 Å². The first-order valence-electron chi connectivity index (χ1n) is 6.64. The predicted octanol–water partition coefficient (Wildman–Crippen LogP) is 6.51. The van der Waals surface area contributed by atoms with E-state index in [4.69, 9.17) is 0 Å². The summed E-state index contributed by atoms with van der Waals surface area (Å²) < 4.78 is 167. The van der Waals surface area contributed by atoms with Crippen molar-refractivity contribution in [1.82, 2.24) is 0 Å². The molecule has 1 atom stereocenters. The first-order valence-corrected chi connectivity index (χ1v) is 6.64. The standard InChI is InChI=1S/C12H12F13/c1-2-3-4-5-6(13)8(16,17)10(20,21)12(24,25)11(22,23)9(18,19)7(14)15/h6H,2-5H2,1H3. The molecule has 0 aromatic carbocycles. The van der Waals surface area contributed by atoms with E-state index in [0.717, 1.165) is 0 Å². The van der Waals surface area contributed by atoms with Crippen LogP contribution in [0.15, 0.2) is 0 Å². The van der Waals surface area contributed by atoms with Gasteiger partial charge in [0.05, 0.1) is 0 Å². The second-order valence-electron chi connectivity index (χ2n) is 5.14. The minimum Gasteiger partial charge on any atom is -0.241 e. The van der Waals surface area contributed by atoms with Gasteiger partial charge in [0.25, 0.3) is 0 Å². The lowest BCUT2D eigenvalue weighted by atomic mass is 9.91. The highest BCUT2D eigenvalue weighted by Crippen LogP contribution is 2.60. The summed E-state index contributed by atoms with van der Waals surface area (Å²) in [6.45, 7) is 1.47. The molecule has 0 aliphatic rings. The molecule has 0 bridgehead atoms. The quantitative estimate of drug-likeness (QED) is 0.288.